The summed E-state index contributed by atoms with van der Waals surface area (Å²) in [5, 5.41) is 52.4. The molecule has 76 heavy (non-hydrogen) atoms. The summed E-state index contributed by atoms with van der Waals surface area (Å²) in [6, 6.07) is 21.7. The highest BCUT2D eigenvalue weighted by Crippen LogP contribution is 2.18. The molecule has 404 valence electrons. The first-order valence-corrected chi connectivity index (χ1v) is 24.7. The second kappa shape index (κ2) is 29.6. The lowest BCUT2D eigenvalue weighted by molar-refractivity contribution is -0.138. The third-order valence-electron chi connectivity index (χ3n) is 12.1. The van der Waals surface area contributed by atoms with Crippen molar-refractivity contribution < 1.29 is 48.3 Å². The topological polar surface area (TPSA) is 394 Å². The predicted octanol–water partition coefficient (Wildman–Crippen LogP) is -1.59. The van der Waals surface area contributed by atoms with Crippen LogP contribution in [-0.2, 0) is 62.4 Å². The third kappa shape index (κ3) is 19.7. The molecule has 24 heteroatoms. The lowest BCUT2D eigenvalue weighted by atomic mass is 9.99. The van der Waals surface area contributed by atoms with E-state index in [4.69, 9.17) is 22.3 Å². The summed E-state index contributed by atoms with van der Waals surface area (Å²) < 4.78 is 0. The second-order valence-corrected chi connectivity index (χ2v) is 18.1. The molecule has 0 saturated carbocycles. The van der Waals surface area contributed by atoms with E-state index in [1.807, 2.05) is 36.4 Å². The molecular weight excluding hydrogens is 981 g/mol. The first-order chi connectivity index (χ1) is 36.4. The van der Waals surface area contributed by atoms with E-state index in [9.17, 15) is 48.3 Å². The second-order valence-electron chi connectivity index (χ2n) is 18.1. The summed E-state index contributed by atoms with van der Waals surface area (Å²) in [6.07, 6.45) is -1.24. The Bertz CT molecular complexity index is 2710. The molecule has 0 aliphatic carbocycles. The van der Waals surface area contributed by atoms with Crippen LogP contribution in [0.4, 0.5) is 0 Å². The summed E-state index contributed by atoms with van der Waals surface area (Å²) in [5.74, 6) is -8.91. The molecule has 1 aliphatic rings. The largest absolute Gasteiger partial charge is 0.481 e. The van der Waals surface area contributed by atoms with Gasteiger partial charge in [0.1, 0.15) is 36.3 Å². The van der Waals surface area contributed by atoms with Crippen molar-refractivity contribution in [1.82, 2.24) is 53.2 Å². The van der Waals surface area contributed by atoms with Gasteiger partial charge in [0.25, 0.3) is 0 Å². The zero-order valence-corrected chi connectivity index (χ0v) is 41.7. The van der Waals surface area contributed by atoms with Crippen molar-refractivity contribution >= 4 is 75.9 Å². The Balaban J connectivity index is 1.55. The van der Waals surface area contributed by atoms with E-state index in [1.165, 1.54) is 0 Å². The number of nitrogens with one attached hydrogen (secondary N) is 12. The number of hydrogen-bond acceptors (Lipinski definition) is 11. The molecular formula is C52H66N14O10. The summed E-state index contributed by atoms with van der Waals surface area (Å²) in [4.78, 5) is 125. The molecule has 0 aromatic heterocycles. The molecule has 17 N–H and O–H groups in total. The van der Waals surface area contributed by atoms with Crippen molar-refractivity contribution in [3.8, 4) is 0 Å². The fourth-order valence-electron chi connectivity index (χ4n) is 8.22. The SMILES string of the molecule is N=C(N)NCCC[C@H]1NC(=O)CNC(=O)[C@H](Cc2ccc3ccccc3c2)NC(=O)[C@@H](Cc2ccccc2)NC(=O)[C@H](Cc2ccccc2)NC(=O)[C@H](CCC(=O)O)NC(=O)[C@@H](CCCNC(=N)N)NC(=O)CNC1=O. The zero-order chi connectivity index (χ0) is 55.0. The minimum atomic E-state index is -1.60. The molecule has 1 saturated heterocycles. The first kappa shape index (κ1) is 57.8. The molecule has 8 amide bonds. The van der Waals surface area contributed by atoms with Gasteiger partial charge in [-0.2, -0.15) is 0 Å². The van der Waals surface area contributed by atoms with Gasteiger partial charge >= 0.3 is 5.97 Å². The maximum Gasteiger partial charge on any atom is 0.303 e. The summed E-state index contributed by atoms with van der Waals surface area (Å²) in [7, 11) is 0. The molecule has 5 rings (SSSR count). The number of carbonyl (C=O) groups excluding carboxylic acids is 8. The van der Waals surface area contributed by atoms with Crippen LogP contribution in [0.15, 0.2) is 103 Å². The molecule has 1 fully saturated rings. The average Bonchev–Trinajstić information content (AvgIpc) is 3.39. The van der Waals surface area contributed by atoms with Gasteiger partial charge in [0.05, 0.1) is 13.1 Å². The Morgan fingerprint density at radius 3 is 1.33 bits per heavy atom. The molecule has 0 unspecified atom stereocenters. The molecule has 0 spiro atoms. The quantitative estimate of drug-likeness (QED) is 0.0322. The van der Waals surface area contributed by atoms with Crippen LogP contribution in [0.2, 0.25) is 0 Å². The number of carboxylic acid groups (broad SMARTS) is 1. The van der Waals surface area contributed by atoms with Gasteiger partial charge in [-0.3, -0.25) is 54.0 Å². The van der Waals surface area contributed by atoms with Crippen molar-refractivity contribution in [2.45, 2.75) is 94.0 Å². The summed E-state index contributed by atoms with van der Waals surface area (Å²) in [6.45, 7) is -1.18. The van der Waals surface area contributed by atoms with Crippen molar-refractivity contribution in [1.29, 1.82) is 10.8 Å². The highest BCUT2D eigenvalue weighted by molar-refractivity contribution is 5.98. The van der Waals surface area contributed by atoms with Gasteiger partial charge in [0, 0.05) is 38.8 Å². The number of carboxylic acids is 1. The van der Waals surface area contributed by atoms with Crippen LogP contribution >= 0.6 is 0 Å². The van der Waals surface area contributed by atoms with Crippen molar-refractivity contribution in [3.63, 3.8) is 0 Å². The average molecular weight is 1050 g/mol. The lowest BCUT2D eigenvalue weighted by Gasteiger charge is -2.28. The first-order valence-electron chi connectivity index (χ1n) is 24.7. The Morgan fingerprint density at radius 2 is 0.855 bits per heavy atom. The summed E-state index contributed by atoms with van der Waals surface area (Å²) in [5.41, 5.74) is 12.7. The molecule has 4 aromatic carbocycles. The van der Waals surface area contributed by atoms with Gasteiger partial charge in [0.2, 0.25) is 47.3 Å². The van der Waals surface area contributed by atoms with Crippen LogP contribution in [0.25, 0.3) is 10.8 Å². The number of guanidine groups is 2. The molecule has 4 aromatic rings. The van der Waals surface area contributed by atoms with Crippen LogP contribution < -0.4 is 64.6 Å². The van der Waals surface area contributed by atoms with Gasteiger partial charge < -0.3 is 69.7 Å². The van der Waals surface area contributed by atoms with Gasteiger partial charge in [-0.25, -0.2) is 0 Å². The highest BCUT2D eigenvalue weighted by Gasteiger charge is 2.34. The van der Waals surface area contributed by atoms with Crippen LogP contribution in [0.1, 0.15) is 55.2 Å². The Hall–Kier alpha value is -9.09. The van der Waals surface area contributed by atoms with E-state index >= 15 is 0 Å². The molecule has 6 atom stereocenters. The van der Waals surface area contributed by atoms with E-state index in [0.717, 1.165) is 10.8 Å². The minimum absolute atomic E-state index is 0.0389. The number of fused-ring (bicyclic) bond motifs is 1. The highest BCUT2D eigenvalue weighted by atomic mass is 16.4. The van der Waals surface area contributed by atoms with Crippen LogP contribution in [0.5, 0.6) is 0 Å². The minimum Gasteiger partial charge on any atom is -0.481 e. The molecule has 0 bridgehead atoms. The molecule has 1 heterocycles. The number of carbonyl (C=O) groups is 9. The molecule has 0 radical (unpaired) electrons. The van der Waals surface area contributed by atoms with Crippen molar-refractivity contribution in [3.05, 3.63) is 120 Å². The Kier molecular flexibility index (Phi) is 22.5. The van der Waals surface area contributed by atoms with Gasteiger partial charge in [-0.05, 0) is 59.6 Å². The smallest absolute Gasteiger partial charge is 0.303 e. The van der Waals surface area contributed by atoms with Crippen LogP contribution in [0.3, 0.4) is 0 Å². The number of benzene rings is 4. The van der Waals surface area contributed by atoms with Gasteiger partial charge in [-0.1, -0.05) is 103 Å². The van der Waals surface area contributed by atoms with Crippen molar-refractivity contribution in [2.24, 2.45) is 11.5 Å². The van der Waals surface area contributed by atoms with E-state index in [-0.39, 0.29) is 70.0 Å². The fourth-order valence-corrected chi connectivity index (χ4v) is 8.22. The number of hydrogen-bond donors (Lipinski definition) is 15. The number of rotatable bonds is 17. The fraction of sp³-hybridized carbons (Fsp3) is 0.365. The standard InChI is InChI=1S/C52H66N14O10/c53-51(54)57-23-9-17-36-45(71)59-29-43(68)62-37(18-10-24-58-52(55)56)47(73)63-38(21-22-44(69)70)48(74)65-40(26-31-11-3-1-4-12-31)50(76)66-41(27-32-13-5-2-6-14-32)49(75)64-39(46(72)60-30-42(67)61-36)28-33-19-20-34-15-7-8-16-35(34)25-33/h1-8,11-16,19-20,25,36-41H,9-10,17-18,21-24,26-30H2,(H,59,71)(H,60,72)(H,61,67)(H,62,68)(H,63,73)(H,64,75)(H,65,74)(H,66,76)(H,69,70)(H4,53,54,57)(H4,55,56,58)/t36-,37-,38+,39+,40+,41-/m1/s1. The van der Waals surface area contributed by atoms with Gasteiger partial charge in [0.15, 0.2) is 11.9 Å². The monoisotopic (exact) mass is 1050 g/mol. The van der Waals surface area contributed by atoms with E-state index in [1.54, 1.807) is 66.7 Å². The molecule has 24 nitrogen and oxygen atoms in total. The number of amides is 8. The summed E-state index contributed by atoms with van der Waals surface area (Å²) >= 11 is 0. The van der Waals surface area contributed by atoms with E-state index < -0.39 is 115 Å². The van der Waals surface area contributed by atoms with Crippen LogP contribution in [-0.4, -0.2) is 133 Å². The zero-order valence-electron chi connectivity index (χ0n) is 41.7. The third-order valence-corrected chi connectivity index (χ3v) is 12.1. The Labute approximate surface area is 438 Å². The van der Waals surface area contributed by atoms with Crippen molar-refractivity contribution in [2.75, 3.05) is 26.2 Å². The number of aliphatic carboxylic acids is 1. The predicted molar refractivity (Wildman–Crippen MR) is 281 cm³/mol. The number of nitrogens with two attached hydrogens (primary N) is 2. The van der Waals surface area contributed by atoms with E-state index in [2.05, 4.69) is 53.2 Å². The maximum absolute atomic E-state index is 14.7. The van der Waals surface area contributed by atoms with Crippen LogP contribution in [0, 0.1) is 10.8 Å². The van der Waals surface area contributed by atoms with Gasteiger partial charge in [-0.15, -0.1) is 0 Å². The molecule has 1 aliphatic heterocycles. The van der Waals surface area contributed by atoms with E-state index in [0.29, 0.717) is 16.7 Å². The maximum atomic E-state index is 14.7. The Morgan fingerprint density at radius 1 is 0.474 bits per heavy atom. The lowest BCUT2D eigenvalue weighted by Crippen LogP contribution is -2.60. The normalized spacial score (nSPS) is 20.6.